The topological polar surface area (TPSA) is 79.0 Å². The number of nitrogens with zero attached hydrogens (tertiary/aromatic N) is 3. The maximum absolute atomic E-state index is 13.4. The molecule has 0 amide bonds. The van der Waals surface area contributed by atoms with Gasteiger partial charge in [0.25, 0.3) is 0 Å². The van der Waals surface area contributed by atoms with Crippen LogP contribution >= 0.6 is 23.2 Å². The Bertz CT molecular complexity index is 1210. The molecule has 2 aliphatic heterocycles. The molecule has 7 nitrogen and oxygen atoms in total. The van der Waals surface area contributed by atoms with E-state index in [9.17, 15) is 4.79 Å². The summed E-state index contributed by atoms with van der Waals surface area (Å²) in [4.78, 5) is 15.6. The van der Waals surface area contributed by atoms with Crippen molar-refractivity contribution in [3.8, 4) is 11.1 Å². The van der Waals surface area contributed by atoms with Gasteiger partial charge in [-0.05, 0) is 31.9 Å². The number of halogens is 2. The number of nitrogens with one attached hydrogen (secondary N) is 1. The Balaban J connectivity index is 1.51. The summed E-state index contributed by atoms with van der Waals surface area (Å²) >= 11 is 12.6. The molecule has 4 heterocycles. The van der Waals surface area contributed by atoms with Crippen molar-refractivity contribution in [2.24, 2.45) is 18.2 Å². The number of hydrogen-bond donors (Lipinski definition) is 1. The fraction of sp³-hybridized carbons (Fsp3) is 0.455. The number of ether oxygens (including phenoxy) is 1. The van der Waals surface area contributed by atoms with Crippen LogP contribution in [0.4, 0.5) is 5.95 Å². The van der Waals surface area contributed by atoms with Crippen LogP contribution in [0.3, 0.4) is 0 Å². The van der Waals surface area contributed by atoms with Gasteiger partial charge in [0.1, 0.15) is 0 Å². The number of benzene rings is 1. The number of H-pyrrole nitrogens is 1. The molecule has 2 saturated heterocycles. The van der Waals surface area contributed by atoms with Crippen molar-refractivity contribution in [3.63, 3.8) is 0 Å². The zero-order valence-electron chi connectivity index (χ0n) is 17.6. The van der Waals surface area contributed by atoms with Gasteiger partial charge in [0, 0.05) is 28.8 Å². The third kappa shape index (κ3) is 3.18. The first-order chi connectivity index (χ1) is 14.8. The van der Waals surface area contributed by atoms with Crippen LogP contribution in [0.5, 0.6) is 0 Å². The highest BCUT2D eigenvalue weighted by atomic mass is 35.5. The van der Waals surface area contributed by atoms with E-state index < -0.39 is 0 Å². The Kier molecular flexibility index (Phi) is 5.05. The first kappa shape index (κ1) is 20.8. The molecule has 2 aromatic heterocycles. The van der Waals surface area contributed by atoms with Crippen LogP contribution in [0, 0.1) is 5.41 Å². The quantitative estimate of drug-likeness (QED) is 0.634. The van der Waals surface area contributed by atoms with E-state index in [1.165, 1.54) is 0 Å². The van der Waals surface area contributed by atoms with Gasteiger partial charge in [-0.3, -0.25) is 4.90 Å². The zero-order chi connectivity index (χ0) is 21.9. The van der Waals surface area contributed by atoms with Crippen molar-refractivity contribution in [2.75, 3.05) is 24.6 Å². The van der Waals surface area contributed by atoms with Crippen LogP contribution in [-0.4, -0.2) is 40.9 Å². The van der Waals surface area contributed by atoms with Gasteiger partial charge in [0.15, 0.2) is 5.52 Å². The number of aromatic amines is 1. The van der Waals surface area contributed by atoms with Crippen LogP contribution in [0.25, 0.3) is 16.6 Å². The van der Waals surface area contributed by atoms with Gasteiger partial charge in [-0.2, -0.15) is 9.67 Å². The predicted octanol–water partition coefficient (Wildman–Crippen LogP) is 2.76. The lowest BCUT2D eigenvalue weighted by molar-refractivity contribution is -0.462. The second-order valence-corrected chi connectivity index (χ2v) is 9.53. The van der Waals surface area contributed by atoms with Gasteiger partial charge < -0.3 is 10.5 Å². The molecule has 0 unspecified atom stereocenters. The van der Waals surface area contributed by atoms with Crippen molar-refractivity contribution in [3.05, 3.63) is 50.9 Å². The molecule has 2 aliphatic rings. The molecule has 1 spiro atoms. The molecule has 0 bridgehead atoms. The van der Waals surface area contributed by atoms with Crippen molar-refractivity contribution in [1.29, 1.82) is 0 Å². The molecule has 164 valence electrons. The molecule has 2 fully saturated rings. The van der Waals surface area contributed by atoms with Gasteiger partial charge in [-0.25, -0.2) is 9.31 Å². The van der Waals surface area contributed by atoms with E-state index in [2.05, 4.69) is 10.00 Å². The minimum absolute atomic E-state index is 0.0306. The summed E-state index contributed by atoms with van der Waals surface area (Å²) in [5.74, 6) is 0.771. The normalized spacial score (nSPS) is 23.2. The lowest BCUT2D eigenvalue weighted by Gasteiger charge is -2.38. The fourth-order valence-corrected chi connectivity index (χ4v) is 5.43. The second kappa shape index (κ2) is 7.52. The third-order valence-electron chi connectivity index (χ3n) is 7.08. The van der Waals surface area contributed by atoms with Crippen molar-refractivity contribution < 1.29 is 9.84 Å². The van der Waals surface area contributed by atoms with E-state index in [0.717, 1.165) is 43.0 Å². The smallest absolute Gasteiger partial charge is 0.376 e. The molecule has 0 aliphatic carbocycles. The van der Waals surface area contributed by atoms with Gasteiger partial charge in [-0.15, -0.1) is 0 Å². The lowest BCUT2D eigenvalue weighted by atomic mass is 9.73. The van der Waals surface area contributed by atoms with Crippen LogP contribution in [0.1, 0.15) is 19.8 Å². The summed E-state index contributed by atoms with van der Waals surface area (Å²) in [7, 11) is 1.79. The average molecular weight is 463 g/mol. The lowest BCUT2D eigenvalue weighted by Crippen LogP contribution is -2.52. The van der Waals surface area contributed by atoms with Crippen molar-refractivity contribution in [2.45, 2.75) is 31.9 Å². The minimum atomic E-state index is -0.0976. The van der Waals surface area contributed by atoms with Crippen LogP contribution < -0.4 is 21.3 Å². The maximum atomic E-state index is 13.4. The molecule has 1 aromatic carbocycles. The minimum Gasteiger partial charge on any atom is -0.376 e. The van der Waals surface area contributed by atoms with E-state index in [1.54, 1.807) is 22.2 Å². The van der Waals surface area contributed by atoms with Gasteiger partial charge >= 0.3 is 11.5 Å². The Labute approximate surface area is 190 Å². The first-order valence-electron chi connectivity index (χ1n) is 10.5. The first-order valence-corrected chi connectivity index (χ1v) is 11.3. The van der Waals surface area contributed by atoms with Crippen LogP contribution in [-0.2, 0) is 11.8 Å². The third-order valence-corrected chi connectivity index (χ3v) is 7.90. The number of hydrogen-bond acceptors (Lipinski definition) is 4. The van der Waals surface area contributed by atoms with Gasteiger partial charge in [-0.1, -0.05) is 35.3 Å². The summed E-state index contributed by atoms with van der Waals surface area (Å²) in [5.41, 5.74) is 8.40. The van der Waals surface area contributed by atoms with E-state index in [-0.39, 0.29) is 23.1 Å². The largest absolute Gasteiger partial charge is 0.378 e. The SMILES string of the molecule is C[C@@H]1OCC2(CCN(c3[nH+]n4ccc(-c5cccc(Cl)c5Cl)c4c(=O)n3C)CC2)[C@H]1N. The van der Waals surface area contributed by atoms with E-state index in [0.29, 0.717) is 22.2 Å². The number of rotatable bonds is 2. The molecule has 3 aromatic rings. The number of fused-ring (bicyclic) bond motifs is 1. The molecule has 9 heteroatoms. The zero-order valence-corrected chi connectivity index (χ0v) is 19.1. The number of nitrogens with two attached hydrogens (primary N) is 1. The molecule has 2 atom stereocenters. The standard InChI is InChI=1S/C22H25Cl2N5O2/c1-13-19(25)22(12-31-13)7-10-28(11-8-22)21-26-29-9-6-15(18(29)20(30)27(21)2)14-4-3-5-16(23)17(14)24/h3-6,9,13,19H,7-8,10-12,25H2,1-2H3/p+1/t13-,19-/m0/s1. The molecular weight excluding hydrogens is 437 g/mol. The second-order valence-electron chi connectivity index (χ2n) is 8.74. The summed E-state index contributed by atoms with van der Waals surface area (Å²) < 4.78 is 9.27. The van der Waals surface area contributed by atoms with Crippen molar-refractivity contribution >= 4 is 34.7 Å². The Morgan fingerprint density at radius 3 is 2.61 bits per heavy atom. The highest BCUT2D eigenvalue weighted by Crippen LogP contribution is 2.41. The highest BCUT2D eigenvalue weighted by Gasteiger charge is 2.49. The fourth-order valence-electron chi connectivity index (χ4n) is 5.03. The molecule has 0 radical (unpaired) electrons. The van der Waals surface area contributed by atoms with Crippen LogP contribution in [0.2, 0.25) is 10.0 Å². The number of piperidine rings is 1. The van der Waals surface area contributed by atoms with Gasteiger partial charge in [0.2, 0.25) is 0 Å². The molecular formula is C22H26Cl2N5O2+. The van der Waals surface area contributed by atoms with E-state index in [1.807, 2.05) is 31.3 Å². The maximum Gasteiger partial charge on any atom is 0.378 e. The highest BCUT2D eigenvalue weighted by molar-refractivity contribution is 6.43. The number of anilines is 1. The molecule has 5 rings (SSSR count). The average Bonchev–Trinajstić information content (AvgIpc) is 3.31. The van der Waals surface area contributed by atoms with E-state index >= 15 is 0 Å². The molecule has 31 heavy (non-hydrogen) atoms. The summed E-state index contributed by atoms with van der Waals surface area (Å²) in [6.45, 7) is 4.39. The van der Waals surface area contributed by atoms with Gasteiger partial charge in [0.05, 0.1) is 42.9 Å². The van der Waals surface area contributed by atoms with Crippen LogP contribution in [0.15, 0.2) is 35.3 Å². The number of aromatic nitrogens is 3. The Morgan fingerprint density at radius 1 is 1.19 bits per heavy atom. The summed E-state index contributed by atoms with van der Waals surface area (Å²) in [5, 5.41) is 4.29. The monoisotopic (exact) mass is 462 g/mol. The Hall–Kier alpha value is -2.06. The van der Waals surface area contributed by atoms with Crippen molar-refractivity contribution in [1.82, 2.24) is 9.08 Å². The molecule has 0 saturated carbocycles. The Morgan fingerprint density at radius 2 is 1.94 bits per heavy atom. The molecule has 3 N–H and O–H groups in total. The summed E-state index contributed by atoms with van der Waals surface area (Å²) in [6, 6.07) is 7.38. The van der Waals surface area contributed by atoms with E-state index in [4.69, 9.17) is 33.7 Å². The summed E-state index contributed by atoms with van der Waals surface area (Å²) in [6.07, 6.45) is 3.82. The predicted molar refractivity (Wildman–Crippen MR) is 122 cm³/mol.